The number of nitro groups is 1. The average Bonchev–Trinajstić information content (AvgIpc) is 2.88. The second-order valence-corrected chi connectivity index (χ2v) is 9.51. The Kier molecular flexibility index (Phi) is 7.13. The summed E-state index contributed by atoms with van der Waals surface area (Å²) in [4.78, 5) is 31.2. The van der Waals surface area contributed by atoms with Crippen molar-refractivity contribution >= 4 is 23.0 Å². The first-order chi connectivity index (χ1) is 17.4. The fraction of sp³-hybridized carbons (Fsp3) is 0.480. The number of carbonyl (C=O) groups is 1. The highest BCUT2D eigenvalue weighted by Crippen LogP contribution is 2.38. The van der Waals surface area contributed by atoms with Crippen LogP contribution in [0.3, 0.4) is 0 Å². The van der Waals surface area contributed by atoms with Gasteiger partial charge in [-0.05, 0) is 30.2 Å². The van der Waals surface area contributed by atoms with Crippen molar-refractivity contribution in [2.75, 3.05) is 69.2 Å². The minimum atomic E-state index is -0.845. The van der Waals surface area contributed by atoms with E-state index in [0.29, 0.717) is 19.5 Å². The number of ether oxygens (including phenoxy) is 1. The molecule has 1 amide bonds. The van der Waals surface area contributed by atoms with Crippen LogP contribution in [0.5, 0.6) is 0 Å². The third kappa shape index (κ3) is 5.18. The Morgan fingerprint density at radius 1 is 1.06 bits per heavy atom. The Labute approximate surface area is 207 Å². The molecular weight excluding hydrogens is 472 g/mol. The maximum absolute atomic E-state index is 14.3. The highest BCUT2D eigenvalue weighted by atomic mass is 19.1. The normalized spacial score (nSPS) is 22.6. The maximum atomic E-state index is 14.3. The largest absolute Gasteiger partial charge is 0.379 e. The molecule has 0 aliphatic carbocycles. The lowest BCUT2D eigenvalue weighted by molar-refractivity contribution is -0.384. The van der Waals surface area contributed by atoms with Crippen LogP contribution < -0.4 is 10.2 Å². The molecule has 0 aromatic heterocycles. The van der Waals surface area contributed by atoms with Crippen LogP contribution >= 0.6 is 0 Å². The lowest BCUT2D eigenvalue weighted by Gasteiger charge is -2.49. The van der Waals surface area contributed by atoms with Gasteiger partial charge in [-0.1, -0.05) is 0 Å². The van der Waals surface area contributed by atoms with Crippen LogP contribution in [0.2, 0.25) is 0 Å². The molecule has 1 N–H and O–H groups in total. The van der Waals surface area contributed by atoms with Gasteiger partial charge in [-0.15, -0.1) is 0 Å². The standard InChI is InChI=1S/C25H29F2N5O4/c26-18-1-3-22(21(27)15-18)28-25(33)20-14-17-13-19(32(34)35)2-4-23(17)31-8-7-30(16-24(20)31)6-5-29-9-11-36-12-10-29/h1-4,13,15,20,24H,5-12,14,16H2,(H,28,33). The average molecular weight is 502 g/mol. The minimum absolute atomic E-state index is 0.0277. The number of benzene rings is 2. The summed E-state index contributed by atoms with van der Waals surface area (Å²) < 4.78 is 33.0. The van der Waals surface area contributed by atoms with Crippen LogP contribution in [0, 0.1) is 27.7 Å². The molecule has 3 heterocycles. The molecule has 2 saturated heterocycles. The Balaban J connectivity index is 1.37. The van der Waals surface area contributed by atoms with Crippen molar-refractivity contribution in [1.29, 1.82) is 0 Å². The lowest BCUT2D eigenvalue weighted by Crippen LogP contribution is -2.61. The smallest absolute Gasteiger partial charge is 0.269 e. The molecule has 11 heteroatoms. The summed E-state index contributed by atoms with van der Waals surface area (Å²) in [6, 6.07) is 7.63. The zero-order chi connectivity index (χ0) is 25.2. The van der Waals surface area contributed by atoms with Gasteiger partial charge in [0.25, 0.3) is 5.69 Å². The van der Waals surface area contributed by atoms with Crippen LogP contribution in [0.15, 0.2) is 36.4 Å². The van der Waals surface area contributed by atoms with Gasteiger partial charge in [0.1, 0.15) is 11.6 Å². The summed E-state index contributed by atoms with van der Waals surface area (Å²) in [5, 5.41) is 14.0. The molecule has 0 bridgehead atoms. The lowest BCUT2D eigenvalue weighted by atomic mass is 9.83. The topological polar surface area (TPSA) is 91.2 Å². The zero-order valence-electron chi connectivity index (χ0n) is 19.9. The number of halogens is 2. The van der Waals surface area contributed by atoms with Crippen LogP contribution in [-0.2, 0) is 16.0 Å². The van der Waals surface area contributed by atoms with E-state index in [1.807, 2.05) is 0 Å². The highest BCUT2D eigenvalue weighted by molar-refractivity contribution is 5.94. The van der Waals surface area contributed by atoms with E-state index in [4.69, 9.17) is 4.74 Å². The molecule has 3 aliphatic rings. The van der Waals surface area contributed by atoms with Gasteiger partial charge in [0, 0.05) is 69.7 Å². The van der Waals surface area contributed by atoms with Gasteiger partial charge in [0.15, 0.2) is 0 Å². The summed E-state index contributed by atoms with van der Waals surface area (Å²) in [5.74, 6) is -2.51. The van der Waals surface area contributed by atoms with E-state index in [0.717, 1.165) is 69.3 Å². The summed E-state index contributed by atoms with van der Waals surface area (Å²) in [6.07, 6.45) is 0.296. The predicted molar refractivity (Wildman–Crippen MR) is 130 cm³/mol. The van der Waals surface area contributed by atoms with Crippen molar-refractivity contribution < 1.29 is 23.2 Å². The van der Waals surface area contributed by atoms with E-state index in [-0.39, 0.29) is 23.3 Å². The number of morpholine rings is 1. The van der Waals surface area contributed by atoms with Crippen molar-refractivity contribution in [3.63, 3.8) is 0 Å². The molecule has 0 radical (unpaired) electrons. The zero-order valence-corrected chi connectivity index (χ0v) is 19.9. The molecular formula is C25H29F2N5O4. The molecule has 2 aromatic carbocycles. The molecule has 36 heavy (non-hydrogen) atoms. The van der Waals surface area contributed by atoms with Crippen molar-refractivity contribution in [3.05, 3.63) is 63.7 Å². The Morgan fingerprint density at radius 2 is 1.83 bits per heavy atom. The van der Waals surface area contributed by atoms with Gasteiger partial charge in [0.2, 0.25) is 5.91 Å². The van der Waals surface area contributed by atoms with Crippen LogP contribution in [0.25, 0.3) is 0 Å². The number of anilines is 2. The monoisotopic (exact) mass is 501 g/mol. The first-order valence-electron chi connectivity index (χ1n) is 12.2. The van der Waals surface area contributed by atoms with Gasteiger partial charge >= 0.3 is 0 Å². The fourth-order valence-electron chi connectivity index (χ4n) is 5.41. The minimum Gasteiger partial charge on any atom is -0.379 e. The number of non-ortho nitro benzene ring substituents is 1. The molecule has 2 fully saturated rings. The second kappa shape index (κ2) is 10.5. The van der Waals surface area contributed by atoms with Crippen molar-refractivity contribution in [1.82, 2.24) is 9.80 Å². The number of fused-ring (bicyclic) bond motifs is 3. The summed E-state index contributed by atoms with van der Waals surface area (Å²) in [6.45, 7) is 7.18. The molecule has 3 aliphatic heterocycles. The summed E-state index contributed by atoms with van der Waals surface area (Å²) in [7, 11) is 0. The molecule has 0 saturated carbocycles. The molecule has 2 unspecified atom stereocenters. The van der Waals surface area contributed by atoms with Crippen LogP contribution in [0.4, 0.5) is 25.8 Å². The Bertz CT molecular complexity index is 1140. The number of hydrogen-bond donors (Lipinski definition) is 1. The first-order valence-corrected chi connectivity index (χ1v) is 12.2. The van der Waals surface area contributed by atoms with Crippen LogP contribution in [-0.4, -0.2) is 85.7 Å². The van der Waals surface area contributed by atoms with Gasteiger partial charge in [0.05, 0.1) is 35.8 Å². The van der Waals surface area contributed by atoms with E-state index >= 15 is 0 Å². The molecule has 0 spiro atoms. The number of rotatable bonds is 6. The van der Waals surface area contributed by atoms with E-state index < -0.39 is 22.5 Å². The molecule has 9 nitrogen and oxygen atoms in total. The fourth-order valence-corrected chi connectivity index (χ4v) is 5.41. The van der Waals surface area contributed by atoms with Gasteiger partial charge < -0.3 is 15.0 Å². The number of nitrogens with zero attached hydrogens (tertiary/aromatic N) is 4. The number of nitro benzene ring substituents is 1. The second-order valence-electron chi connectivity index (χ2n) is 9.51. The molecule has 2 atom stereocenters. The van der Waals surface area contributed by atoms with Crippen molar-refractivity contribution in [3.8, 4) is 0 Å². The first kappa shape index (κ1) is 24.5. The van der Waals surface area contributed by atoms with E-state index in [9.17, 15) is 23.7 Å². The number of nitrogens with one attached hydrogen (secondary N) is 1. The van der Waals surface area contributed by atoms with Gasteiger partial charge in [-0.2, -0.15) is 0 Å². The van der Waals surface area contributed by atoms with E-state index in [2.05, 4.69) is 20.0 Å². The highest BCUT2D eigenvalue weighted by Gasteiger charge is 2.42. The molecule has 5 rings (SSSR count). The number of piperazine rings is 1. The maximum Gasteiger partial charge on any atom is 0.269 e. The van der Waals surface area contributed by atoms with Gasteiger partial charge in [-0.25, -0.2) is 8.78 Å². The molecule has 2 aromatic rings. The number of carbonyl (C=O) groups excluding carboxylic acids is 1. The number of hydrogen-bond acceptors (Lipinski definition) is 7. The predicted octanol–water partition coefficient (Wildman–Crippen LogP) is 2.51. The third-order valence-corrected chi connectivity index (χ3v) is 7.35. The molecule has 192 valence electrons. The van der Waals surface area contributed by atoms with Crippen molar-refractivity contribution in [2.24, 2.45) is 5.92 Å². The third-order valence-electron chi connectivity index (χ3n) is 7.35. The SMILES string of the molecule is O=C(Nc1ccc(F)cc1F)C1Cc2cc([N+](=O)[O-])ccc2N2CCN(CCN3CCOCC3)CC12. The number of amides is 1. The summed E-state index contributed by atoms with van der Waals surface area (Å²) in [5.41, 5.74) is 1.51. The van der Waals surface area contributed by atoms with Crippen molar-refractivity contribution in [2.45, 2.75) is 12.5 Å². The van der Waals surface area contributed by atoms with E-state index in [1.165, 1.54) is 18.2 Å². The summed E-state index contributed by atoms with van der Waals surface area (Å²) >= 11 is 0. The Hall–Kier alpha value is -3.15. The van der Waals surface area contributed by atoms with E-state index in [1.54, 1.807) is 6.07 Å². The quantitative estimate of drug-likeness (QED) is 0.481. The van der Waals surface area contributed by atoms with Gasteiger partial charge in [-0.3, -0.25) is 24.7 Å². The van der Waals surface area contributed by atoms with Crippen LogP contribution in [0.1, 0.15) is 5.56 Å². The Morgan fingerprint density at radius 3 is 2.58 bits per heavy atom.